The number of halogens is 3. The van der Waals surface area contributed by atoms with Crippen molar-refractivity contribution in [2.75, 3.05) is 0 Å². The van der Waals surface area contributed by atoms with E-state index in [1.165, 1.54) is 6.08 Å². The van der Waals surface area contributed by atoms with E-state index >= 15 is 0 Å². The Hall–Kier alpha value is -3.03. The smallest absolute Gasteiger partial charge is 0.237 e. The van der Waals surface area contributed by atoms with Crippen molar-refractivity contribution in [3.05, 3.63) is 59.8 Å². The molecule has 23 heavy (non-hydrogen) atoms. The first-order valence-electron chi connectivity index (χ1n) is 6.57. The average Bonchev–Trinajstić information content (AvgIpc) is 3.07. The highest BCUT2D eigenvalue weighted by molar-refractivity contribution is 5.70. The first-order chi connectivity index (χ1) is 11.0. The summed E-state index contributed by atoms with van der Waals surface area (Å²) in [6.07, 6.45) is 1.24. The van der Waals surface area contributed by atoms with Gasteiger partial charge in [0.1, 0.15) is 11.4 Å². The molecule has 3 aromatic rings. The minimum atomic E-state index is -4.49. The number of hydrogen-bond acceptors (Lipinski definition) is 4. The highest BCUT2D eigenvalue weighted by Gasteiger charge is 2.32. The summed E-state index contributed by atoms with van der Waals surface area (Å²) in [6, 6.07) is 8.16. The minimum Gasteiger partial charge on any atom is -0.237 e. The van der Waals surface area contributed by atoms with Gasteiger partial charge in [-0.1, -0.05) is 24.3 Å². The molecule has 1 aromatic carbocycles. The van der Waals surface area contributed by atoms with Crippen molar-refractivity contribution in [2.24, 2.45) is 0 Å². The third kappa shape index (κ3) is 3.60. The van der Waals surface area contributed by atoms with E-state index < -0.39 is 11.9 Å². The number of nitrogens with one attached hydrogen (secondary N) is 1. The van der Waals surface area contributed by atoms with Gasteiger partial charge in [-0.2, -0.15) is 28.6 Å². The molecule has 0 atom stereocenters. The van der Waals surface area contributed by atoms with Gasteiger partial charge in [-0.15, -0.1) is 0 Å². The molecule has 0 aliphatic rings. The van der Waals surface area contributed by atoms with E-state index in [1.54, 1.807) is 12.3 Å². The van der Waals surface area contributed by atoms with E-state index in [4.69, 9.17) is 0 Å². The Kier molecular flexibility index (Phi) is 3.88. The summed E-state index contributed by atoms with van der Waals surface area (Å²) >= 11 is 0. The number of aromatic nitrogens is 5. The van der Waals surface area contributed by atoms with E-state index in [0.29, 0.717) is 5.69 Å². The van der Waals surface area contributed by atoms with Crippen LogP contribution in [0.1, 0.15) is 17.1 Å². The van der Waals surface area contributed by atoms with Gasteiger partial charge in [0.25, 0.3) is 0 Å². The molecule has 8 heteroatoms. The molecular formula is C15H10F3N5. The predicted molar refractivity (Wildman–Crippen MR) is 77.8 cm³/mol. The average molecular weight is 317 g/mol. The number of alkyl halides is 3. The molecule has 0 aliphatic carbocycles. The van der Waals surface area contributed by atoms with Gasteiger partial charge in [-0.05, 0) is 23.8 Å². The van der Waals surface area contributed by atoms with Crippen LogP contribution in [0.3, 0.4) is 0 Å². The number of aromatic amines is 1. The molecule has 2 aromatic heterocycles. The summed E-state index contributed by atoms with van der Waals surface area (Å²) in [4.78, 5) is 7.30. The molecule has 3 rings (SSSR count). The molecule has 0 radical (unpaired) electrons. The zero-order chi connectivity index (χ0) is 16.3. The summed E-state index contributed by atoms with van der Waals surface area (Å²) in [5.74, 6) is -0.00772. The van der Waals surface area contributed by atoms with Crippen molar-refractivity contribution < 1.29 is 13.2 Å². The molecule has 0 unspecified atom stereocenters. The third-order valence-electron chi connectivity index (χ3n) is 2.99. The van der Waals surface area contributed by atoms with Crippen LogP contribution in [-0.2, 0) is 6.18 Å². The van der Waals surface area contributed by atoms with Crippen molar-refractivity contribution in [2.45, 2.75) is 6.18 Å². The topological polar surface area (TPSA) is 67.3 Å². The van der Waals surface area contributed by atoms with E-state index in [2.05, 4.69) is 25.4 Å². The lowest BCUT2D eigenvalue weighted by Crippen LogP contribution is -2.08. The van der Waals surface area contributed by atoms with Crippen LogP contribution in [0.5, 0.6) is 0 Å². The second kappa shape index (κ2) is 5.99. The Balaban J connectivity index is 1.85. The fourth-order valence-electron chi connectivity index (χ4n) is 1.93. The van der Waals surface area contributed by atoms with Crippen LogP contribution in [0.15, 0.2) is 42.7 Å². The SMILES string of the molecule is FC(F)(F)c1ccnc(/C=C/c2cccc(-c3cn[nH]n3)c2)n1. The van der Waals surface area contributed by atoms with Gasteiger partial charge < -0.3 is 0 Å². The Morgan fingerprint density at radius 1 is 1.09 bits per heavy atom. The van der Waals surface area contributed by atoms with Crippen molar-refractivity contribution >= 4 is 12.2 Å². The number of H-pyrrole nitrogens is 1. The van der Waals surface area contributed by atoms with Crippen LogP contribution < -0.4 is 0 Å². The largest absolute Gasteiger partial charge is 0.433 e. The lowest BCUT2D eigenvalue weighted by molar-refractivity contribution is -0.141. The summed E-state index contributed by atoms with van der Waals surface area (Å²) in [7, 11) is 0. The zero-order valence-corrected chi connectivity index (χ0v) is 11.6. The maximum absolute atomic E-state index is 12.6. The van der Waals surface area contributed by atoms with Crippen LogP contribution in [0.25, 0.3) is 23.4 Å². The van der Waals surface area contributed by atoms with Gasteiger partial charge in [0.05, 0.1) is 6.20 Å². The molecule has 1 N–H and O–H groups in total. The lowest BCUT2D eigenvalue weighted by atomic mass is 10.1. The van der Waals surface area contributed by atoms with Gasteiger partial charge in [0.15, 0.2) is 5.82 Å². The predicted octanol–water partition coefficient (Wildman–Crippen LogP) is 3.45. The maximum atomic E-state index is 12.6. The second-order valence-electron chi connectivity index (χ2n) is 4.61. The summed E-state index contributed by atoms with van der Waals surface area (Å²) in [5.41, 5.74) is 1.33. The molecule has 5 nitrogen and oxygen atoms in total. The molecule has 0 fully saturated rings. The van der Waals surface area contributed by atoms with E-state index in [-0.39, 0.29) is 5.82 Å². The number of benzene rings is 1. The molecule has 0 aliphatic heterocycles. The molecule has 0 bridgehead atoms. The lowest BCUT2D eigenvalue weighted by Gasteiger charge is -2.04. The summed E-state index contributed by atoms with van der Waals surface area (Å²) < 4.78 is 37.8. The van der Waals surface area contributed by atoms with Gasteiger partial charge in [-0.3, -0.25) is 0 Å². The van der Waals surface area contributed by atoms with E-state index in [1.807, 2.05) is 24.3 Å². The molecule has 0 saturated heterocycles. The second-order valence-corrected chi connectivity index (χ2v) is 4.61. The molecule has 0 saturated carbocycles. The van der Waals surface area contributed by atoms with Crippen LogP contribution in [0.4, 0.5) is 13.2 Å². The standard InChI is InChI=1S/C15H10F3N5/c16-15(17,18)13-6-7-19-14(21-13)5-4-10-2-1-3-11(8-10)12-9-20-23-22-12/h1-9H,(H,20,22,23)/b5-4+. The number of rotatable bonds is 3. The Morgan fingerprint density at radius 2 is 1.96 bits per heavy atom. The van der Waals surface area contributed by atoms with Gasteiger partial charge in [-0.25, -0.2) is 9.97 Å². The van der Waals surface area contributed by atoms with Crippen LogP contribution >= 0.6 is 0 Å². The minimum absolute atomic E-state index is 0.00772. The van der Waals surface area contributed by atoms with Crippen molar-refractivity contribution in [1.82, 2.24) is 25.4 Å². The third-order valence-corrected chi connectivity index (χ3v) is 2.99. The molecule has 0 amide bonds. The fourth-order valence-corrected chi connectivity index (χ4v) is 1.93. The summed E-state index contributed by atoms with van der Waals surface area (Å²) in [6.45, 7) is 0. The molecule has 116 valence electrons. The highest BCUT2D eigenvalue weighted by Crippen LogP contribution is 2.27. The first kappa shape index (κ1) is 14.9. The van der Waals surface area contributed by atoms with Gasteiger partial charge >= 0.3 is 6.18 Å². The summed E-state index contributed by atoms with van der Waals surface area (Å²) in [5, 5.41) is 10.2. The Morgan fingerprint density at radius 3 is 2.70 bits per heavy atom. The maximum Gasteiger partial charge on any atom is 0.433 e. The normalized spacial score (nSPS) is 12.0. The van der Waals surface area contributed by atoms with Gasteiger partial charge in [0, 0.05) is 11.8 Å². The van der Waals surface area contributed by atoms with E-state index in [9.17, 15) is 13.2 Å². The van der Waals surface area contributed by atoms with Crippen LogP contribution in [0, 0.1) is 0 Å². The van der Waals surface area contributed by atoms with Crippen LogP contribution in [0.2, 0.25) is 0 Å². The quantitative estimate of drug-likeness (QED) is 0.803. The van der Waals surface area contributed by atoms with Crippen molar-refractivity contribution in [1.29, 1.82) is 0 Å². The monoisotopic (exact) mass is 317 g/mol. The zero-order valence-electron chi connectivity index (χ0n) is 11.6. The molecule has 2 heterocycles. The van der Waals surface area contributed by atoms with Gasteiger partial charge in [0.2, 0.25) is 0 Å². The number of hydrogen-bond donors (Lipinski definition) is 1. The van der Waals surface area contributed by atoms with Crippen molar-refractivity contribution in [3.63, 3.8) is 0 Å². The Bertz CT molecular complexity index is 825. The molecular weight excluding hydrogens is 307 g/mol. The van der Waals surface area contributed by atoms with E-state index in [0.717, 1.165) is 23.4 Å². The Labute approximate surface area is 128 Å². The highest BCUT2D eigenvalue weighted by atomic mass is 19.4. The fraction of sp³-hybridized carbons (Fsp3) is 0.0667. The number of nitrogens with zero attached hydrogens (tertiary/aromatic N) is 4. The first-order valence-corrected chi connectivity index (χ1v) is 6.57. The molecule has 0 spiro atoms. The van der Waals surface area contributed by atoms with Crippen LogP contribution in [-0.4, -0.2) is 25.4 Å². The van der Waals surface area contributed by atoms with Crippen molar-refractivity contribution in [3.8, 4) is 11.3 Å².